The standard InChI is InChI=1S/C10H19NO2/c1-8(12)11-6-4-9(5-7-11)10(2,3)13/h9,13H,4-7H2,1-3H3. The van der Waals surface area contributed by atoms with E-state index in [9.17, 15) is 9.90 Å². The third-order valence-corrected chi connectivity index (χ3v) is 2.94. The predicted octanol–water partition coefficient (Wildman–Crippen LogP) is 1.02. The summed E-state index contributed by atoms with van der Waals surface area (Å²) in [4.78, 5) is 12.9. The maximum atomic E-state index is 11.0. The van der Waals surface area contributed by atoms with Crippen LogP contribution in [-0.4, -0.2) is 34.6 Å². The summed E-state index contributed by atoms with van der Waals surface area (Å²) in [6.45, 7) is 6.89. The van der Waals surface area contributed by atoms with Crippen molar-refractivity contribution in [1.82, 2.24) is 4.90 Å². The second kappa shape index (κ2) is 3.66. The van der Waals surface area contributed by atoms with E-state index in [1.54, 1.807) is 6.92 Å². The molecule has 0 bridgehead atoms. The van der Waals surface area contributed by atoms with Crippen LogP contribution in [0.5, 0.6) is 0 Å². The van der Waals surface area contributed by atoms with Gasteiger partial charge in [-0.3, -0.25) is 4.79 Å². The number of amides is 1. The second-order valence-corrected chi connectivity index (χ2v) is 4.43. The fourth-order valence-corrected chi connectivity index (χ4v) is 1.90. The molecular weight excluding hydrogens is 166 g/mol. The molecule has 1 N–H and O–H groups in total. The molecule has 1 aliphatic heterocycles. The van der Waals surface area contributed by atoms with Crippen LogP contribution in [0.25, 0.3) is 0 Å². The summed E-state index contributed by atoms with van der Waals surface area (Å²) in [6.07, 6.45) is 1.84. The van der Waals surface area contributed by atoms with Gasteiger partial charge in [-0.05, 0) is 32.6 Å². The monoisotopic (exact) mass is 185 g/mol. The van der Waals surface area contributed by atoms with Crippen molar-refractivity contribution in [3.8, 4) is 0 Å². The van der Waals surface area contributed by atoms with E-state index in [0.717, 1.165) is 25.9 Å². The SMILES string of the molecule is CC(=O)N1CCC(C(C)(C)O)CC1. The molecule has 0 aromatic rings. The highest BCUT2D eigenvalue weighted by Crippen LogP contribution is 2.27. The molecule has 0 aromatic carbocycles. The fraction of sp³-hybridized carbons (Fsp3) is 0.900. The molecular formula is C10H19NO2. The van der Waals surface area contributed by atoms with E-state index >= 15 is 0 Å². The number of carbonyl (C=O) groups excluding carboxylic acids is 1. The molecule has 1 saturated heterocycles. The summed E-state index contributed by atoms with van der Waals surface area (Å²) in [5.41, 5.74) is -0.594. The molecule has 0 unspecified atom stereocenters. The Morgan fingerprint density at radius 2 is 1.85 bits per heavy atom. The van der Waals surface area contributed by atoms with Crippen molar-refractivity contribution >= 4 is 5.91 Å². The van der Waals surface area contributed by atoms with Gasteiger partial charge in [-0.15, -0.1) is 0 Å². The van der Waals surface area contributed by atoms with Crippen molar-refractivity contribution in [1.29, 1.82) is 0 Å². The van der Waals surface area contributed by atoms with E-state index in [2.05, 4.69) is 0 Å². The minimum absolute atomic E-state index is 0.147. The smallest absolute Gasteiger partial charge is 0.219 e. The van der Waals surface area contributed by atoms with Gasteiger partial charge in [0.25, 0.3) is 0 Å². The largest absolute Gasteiger partial charge is 0.390 e. The molecule has 0 atom stereocenters. The summed E-state index contributed by atoms with van der Waals surface area (Å²) in [5.74, 6) is 0.484. The maximum Gasteiger partial charge on any atom is 0.219 e. The first-order valence-electron chi connectivity index (χ1n) is 4.89. The van der Waals surface area contributed by atoms with Crippen LogP contribution in [0.15, 0.2) is 0 Å². The topological polar surface area (TPSA) is 40.5 Å². The Kier molecular flexibility index (Phi) is 2.96. The van der Waals surface area contributed by atoms with E-state index in [1.165, 1.54) is 0 Å². The van der Waals surface area contributed by atoms with Crippen LogP contribution < -0.4 is 0 Å². The molecule has 76 valence electrons. The Hall–Kier alpha value is -0.570. The number of hydrogen-bond donors (Lipinski definition) is 1. The highest BCUT2D eigenvalue weighted by atomic mass is 16.3. The molecule has 0 saturated carbocycles. The zero-order valence-electron chi connectivity index (χ0n) is 8.71. The molecule has 1 aliphatic rings. The second-order valence-electron chi connectivity index (χ2n) is 4.43. The summed E-state index contributed by atoms with van der Waals surface area (Å²) in [7, 11) is 0. The van der Waals surface area contributed by atoms with Crippen LogP contribution in [0, 0.1) is 5.92 Å². The predicted molar refractivity (Wildman–Crippen MR) is 51.3 cm³/mol. The number of carbonyl (C=O) groups is 1. The Balaban J connectivity index is 2.44. The van der Waals surface area contributed by atoms with Gasteiger partial charge in [0.2, 0.25) is 5.91 Å². The lowest BCUT2D eigenvalue weighted by Gasteiger charge is -2.37. The van der Waals surface area contributed by atoms with Crippen molar-refractivity contribution in [2.75, 3.05) is 13.1 Å². The van der Waals surface area contributed by atoms with Gasteiger partial charge in [-0.2, -0.15) is 0 Å². The first kappa shape index (κ1) is 10.5. The van der Waals surface area contributed by atoms with Crippen LogP contribution in [-0.2, 0) is 4.79 Å². The molecule has 0 spiro atoms. The number of piperidine rings is 1. The van der Waals surface area contributed by atoms with Crippen LogP contribution in [0.3, 0.4) is 0 Å². The van der Waals surface area contributed by atoms with Crippen molar-refractivity contribution in [3.63, 3.8) is 0 Å². The molecule has 1 fully saturated rings. The molecule has 0 aromatic heterocycles. The average Bonchev–Trinajstić information content (AvgIpc) is 2.03. The lowest BCUT2D eigenvalue weighted by atomic mass is 9.83. The average molecular weight is 185 g/mol. The molecule has 0 aliphatic carbocycles. The van der Waals surface area contributed by atoms with E-state index in [1.807, 2.05) is 18.7 Å². The minimum atomic E-state index is -0.594. The normalized spacial score (nSPS) is 20.5. The zero-order valence-corrected chi connectivity index (χ0v) is 8.71. The van der Waals surface area contributed by atoms with Gasteiger partial charge in [-0.25, -0.2) is 0 Å². The van der Waals surface area contributed by atoms with Crippen molar-refractivity contribution in [2.45, 2.75) is 39.2 Å². The van der Waals surface area contributed by atoms with E-state index in [-0.39, 0.29) is 5.91 Å². The number of aliphatic hydroxyl groups is 1. The Bertz CT molecular complexity index is 188. The first-order valence-corrected chi connectivity index (χ1v) is 4.89. The number of hydrogen-bond acceptors (Lipinski definition) is 2. The lowest BCUT2D eigenvalue weighted by molar-refractivity contribution is -0.131. The fourth-order valence-electron chi connectivity index (χ4n) is 1.90. The highest BCUT2D eigenvalue weighted by molar-refractivity contribution is 5.73. The lowest BCUT2D eigenvalue weighted by Crippen LogP contribution is -2.43. The van der Waals surface area contributed by atoms with Gasteiger partial charge in [0.1, 0.15) is 0 Å². The minimum Gasteiger partial charge on any atom is -0.390 e. The van der Waals surface area contributed by atoms with Crippen molar-refractivity contribution in [3.05, 3.63) is 0 Å². The Morgan fingerprint density at radius 3 is 2.15 bits per heavy atom. The van der Waals surface area contributed by atoms with Gasteiger partial charge >= 0.3 is 0 Å². The van der Waals surface area contributed by atoms with Gasteiger partial charge in [-0.1, -0.05) is 0 Å². The summed E-state index contributed by atoms with van der Waals surface area (Å²) >= 11 is 0. The van der Waals surface area contributed by atoms with Crippen LogP contribution in [0.4, 0.5) is 0 Å². The summed E-state index contributed by atoms with van der Waals surface area (Å²) in [6, 6.07) is 0. The first-order chi connectivity index (χ1) is 5.91. The Morgan fingerprint density at radius 1 is 1.38 bits per heavy atom. The van der Waals surface area contributed by atoms with Crippen LogP contribution >= 0.6 is 0 Å². The summed E-state index contributed by atoms with van der Waals surface area (Å²) < 4.78 is 0. The van der Waals surface area contributed by atoms with E-state index in [0.29, 0.717) is 5.92 Å². The zero-order chi connectivity index (χ0) is 10.1. The number of rotatable bonds is 1. The molecule has 1 heterocycles. The molecule has 1 rings (SSSR count). The quantitative estimate of drug-likeness (QED) is 0.662. The number of nitrogens with zero attached hydrogens (tertiary/aromatic N) is 1. The Labute approximate surface area is 79.7 Å². The number of likely N-dealkylation sites (tertiary alicyclic amines) is 1. The van der Waals surface area contributed by atoms with Gasteiger partial charge in [0, 0.05) is 20.0 Å². The van der Waals surface area contributed by atoms with E-state index in [4.69, 9.17) is 0 Å². The highest BCUT2D eigenvalue weighted by Gasteiger charge is 2.30. The van der Waals surface area contributed by atoms with Crippen molar-refractivity contribution < 1.29 is 9.90 Å². The maximum absolute atomic E-state index is 11.0. The molecule has 0 radical (unpaired) electrons. The molecule has 13 heavy (non-hydrogen) atoms. The third kappa shape index (κ3) is 2.69. The molecule has 3 nitrogen and oxygen atoms in total. The molecule has 3 heteroatoms. The van der Waals surface area contributed by atoms with Gasteiger partial charge in [0.05, 0.1) is 5.60 Å². The van der Waals surface area contributed by atoms with Crippen LogP contribution in [0.1, 0.15) is 33.6 Å². The molecule has 1 amide bonds. The van der Waals surface area contributed by atoms with Gasteiger partial charge < -0.3 is 10.0 Å². The van der Waals surface area contributed by atoms with Gasteiger partial charge in [0.15, 0.2) is 0 Å². The van der Waals surface area contributed by atoms with E-state index < -0.39 is 5.60 Å². The summed E-state index contributed by atoms with van der Waals surface area (Å²) in [5, 5.41) is 9.76. The van der Waals surface area contributed by atoms with Crippen molar-refractivity contribution in [2.24, 2.45) is 5.92 Å². The van der Waals surface area contributed by atoms with Crippen LogP contribution in [0.2, 0.25) is 0 Å². The third-order valence-electron chi connectivity index (χ3n) is 2.94.